The maximum absolute atomic E-state index is 13.8. The van der Waals surface area contributed by atoms with Crippen molar-refractivity contribution in [3.8, 4) is 11.1 Å². The van der Waals surface area contributed by atoms with E-state index in [1.165, 1.54) is 0 Å². The SMILES string of the molecule is NCc1cccc(-c2[c]nccc2)c1F. The predicted octanol–water partition coefficient (Wildman–Crippen LogP) is 2.15. The Bertz CT molecular complexity index is 454. The molecule has 1 aromatic heterocycles. The lowest BCUT2D eigenvalue weighted by molar-refractivity contribution is 0.614. The van der Waals surface area contributed by atoms with Crippen LogP contribution in [0.2, 0.25) is 0 Å². The molecule has 1 heterocycles. The number of rotatable bonds is 2. The molecule has 0 atom stereocenters. The number of pyridine rings is 1. The van der Waals surface area contributed by atoms with Crippen molar-refractivity contribution in [1.29, 1.82) is 0 Å². The second-order valence-corrected chi connectivity index (χ2v) is 3.15. The van der Waals surface area contributed by atoms with Crippen molar-refractivity contribution >= 4 is 0 Å². The number of hydrogen-bond acceptors (Lipinski definition) is 2. The first-order valence-electron chi connectivity index (χ1n) is 4.63. The molecule has 0 amide bonds. The van der Waals surface area contributed by atoms with Crippen LogP contribution in [0, 0.1) is 12.0 Å². The quantitative estimate of drug-likeness (QED) is 0.808. The number of hydrogen-bond donors (Lipinski definition) is 1. The Labute approximate surface area is 87.6 Å². The first-order chi connectivity index (χ1) is 7.33. The number of halogens is 1. The second kappa shape index (κ2) is 4.19. The summed E-state index contributed by atoms with van der Waals surface area (Å²) in [6.45, 7) is 0.194. The summed E-state index contributed by atoms with van der Waals surface area (Å²) >= 11 is 0. The molecule has 0 aliphatic rings. The van der Waals surface area contributed by atoms with Crippen molar-refractivity contribution < 1.29 is 4.39 Å². The molecule has 0 saturated carbocycles. The minimum absolute atomic E-state index is 0.194. The molecule has 3 heteroatoms. The molecule has 2 nitrogen and oxygen atoms in total. The normalized spacial score (nSPS) is 10.3. The first kappa shape index (κ1) is 9.80. The van der Waals surface area contributed by atoms with Crippen LogP contribution in [0.1, 0.15) is 5.56 Å². The minimum Gasteiger partial charge on any atom is -0.326 e. The van der Waals surface area contributed by atoms with Crippen LogP contribution < -0.4 is 5.73 Å². The van der Waals surface area contributed by atoms with Crippen molar-refractivity contribution in [2.45, 2.75) is 6.54 Å². The van der Waals surface area contributed by atoms with E-state index in [1.54, 1.807) is 36.5 Å². The Hall–Kier alpha value is -1.74. The van der Waals surface area contributed by atoms with Gasteiger partial charge in [0, 0.05) is 29.4 Å². The van der Waals surface area contributed by atoms with E-state index < -0.39 is 0 Å². The van der Waals surface area contributed by atoms with E-state index in [-0.39, 0.29) is 12.4 Å². The van der Waals surface area contributed by atoms with Crippen LogP contribution in [0.5, 0.6) is 0 Å². The Morgan fingerprint density at radius 3 is 2.80 bits per heavy atom. The van der Waals surface area contributed by atoms with E-state index in [1.807, 2.05) is 0 Å². The van der Waals surface area contributed by atoms with Crippen LogP contribution in [0.25, 0.3) is 11.1 Å². The fourth-order valence-electron chi connectivity index (χ4n) is 1.42. The zero-order valence-electron chi connectivity index (χ0n) is 8.07. The Kier molecular flexibility index (Phi) is 2.74. The summed E-state index contributed by atoms with van der Waals surface area (Å²) in [5, 5.41) is 0. The number of nitrogens with zero attached hydrogens (tertiary/aromatic N) is 1. The molecule has 0 saturated heterocycles. The van der Waals surface area contributed by atoms with E-state index in [0.29, 0.717) is 16.7 Å². The highest BCUT2D eigenvalue weighted by molar-refractivity contribution is 5.63. The van der Waals surface area contributed by atoms with Gasteiger partial charge in [0.15, 0.2) is 0 Å². The van der Waals surface area contributed by atoms with Crippen LogP contribution >= 0.6 is 0 Å². The molecule has 0 unspecified atom stereocenters. The van der Waals surface area contributed by atoms with E-state index in [9.17, 15) is 4.39 Å². The van der Waals surface area contributed by atoms with Crippen LogP contribution in [-0.2, 0) is 6.54 Å². The van der Waals surface area contributed by atoms with Gasteiger partial charge in [-0.25, -0.2) is 4.39 Å². The molecule has 15 heavy (non-hydrogen) atoms. The smallest absolute Gasteiger partial charge is 0.135 e. The van der Waals surface area contributed by atoms with Gasteiger partial charge in [-0.15, -0.1) is 0 Å². The molecule has 1 aromatic carbocycles. The zero-order chi connectivity index (χ0) is 10.7. The zero-order valence-corrected chi connectivity index (χ0v) is 8.07. The summed E-state index contributed by atoms with van der Waals surface area (Å²) in [4.78, 5) is 3.83. The van der Waals surface area contributed by atoms with E-state index in [4.69, 9.17) is 5.73 Å². The fourth-order valence-corrected chi connectivity index (χ4v) is 1.42. The van der Waals surface area contributed by atoms with Gasteiger partial charge in [0.05, 0.1) is 6.20 Å². The standard InChI is InChI=1S/C12H10FN2/c13-12-9(7-14)3-1-5-11(12)10-4-2-6-15-8-10/h1-6H,7,14H2. The number of aromatic nitrogens is 1. The van der Waals surface area contributed by atoms with Crippen LogP contribution in [0.4, 0.5) is 4.39 Å². The highest BCUT2D eigenvalue weighted by Gasteiger charge is 2.08. The van der Waals surface area contributed by atoms with Crippen LogP contribution in [0.15, 0.2) is 36.5 Å². The lowest BCUT2D eigenvalue weighted by atomic mass is 10.0. The average molecular weight is 201 g/mol. The number of nitrogens with two attached hydrogens (primary N) is 1. The average Bonchev–Trinajstić information content (AvgIpc) is 2.30. The Balaban J connectivity index is 2.54. The van der Waals surface area contributed by atoms with Gasteiger partial charge in [-0.05, 0) is 6.07 Å². The highest BCUT2D eigenvalue weighted by atomic mass is 19.1. The molecule has 2 N–H and O–H groups in total. The van der Waals surface area contributed by atoms with Crippen molar-refractivity contribution in [2.24, 2.45) is 5.73 Å². The van der Waals surface area contributed by atoms with Gasteiger partial charge in [0.25, 0.3) is 0 Å². The molecular weight excluding hydrogens is 191 g/mol. The van der Waals surface area contributed by atoms with Gasteiger partial charge in [0.2, 0.25) is 0 Å². The molecule has 0 fully saturated rings. The summed E-state index contributed by atoms with van der Waals surface area (Å²) in [7, 11) is 0. The van der Waals surface area contributed by atoms with Crippen molar-refractivity contribution in [1.82, 2.24) is 4.98 Å². The number of benzene rings is 1. The first-order valence-corrected chi connectivity index (χ1v) is 4.63. The van der Waals surface area contributed by atoms with Crippen molar-refractivity contribution in [3.63, 3.8) is 0 Å². The van der Waals surface area contributed by atoms with Crippen molar-refractivity contribution in [3.05, 3.63) is 54.1 Å². The Morgan fingerprint density at radius 2 is 2.13 bits per heavy atom. The third kappa shape index (κ3) is 1.87. The molecule has 75 valence electrons. The molecule has 2 rings (SSSR count). The minimum atomic E-state index is -0.288. The van der Waals surface area contributed by atoms with Gasteiger partial charge in [-0.1, -0.05) is 24.3 Å². The van der Waals surface area contributed by atoms with Gasteiger partial charge >= 0.3 is 0 Å². The molecule has 1 radical (unpaired) electrons. The molecule has 0 aliphatic carbocycles. The predicted molar refractivity (Wildman–Crippen MR) is 56.4 cm³/mol. The molecule has 0 aliphatic heterocycles. The largest absolute Gasteiger partial charge is 0.326 e. The lowest BCUT2D eigenvalue weighted by Gasteiger charge is -2.05. The molecule has 2 aromatic rings. The summed E-state index contributed by atoms with van der Waals surface area (Å²) < 4.78 is 13.8. The van der Waals surface area contributed by atoms with Gasteiger partial charge in [0.1, 0.15) is 5.82 Å². The lowest BCUT2D eigenvalue weighted by Crippen LogP contribution is -2.00. The topological polar surface area (TPSA) is 38.9 Å². The third-order valence-corrected chi connectivity index (χ3v) is 2.20. The maximum atomic E-state index is 13.8. The van der Waals surface area contributed by atoms with E-state index in [0.717, 1.165) is 0 Å². The summed E-state index contributed by atoms with van der Waals surface area (Å²) in [5.74, 6) is -0.288. The van der Waals surface area contributed by atoms with Crippen LogP contribution in [-0.4, -0.2) is 4.98 Å². The summed E-state index contributed by atoms with van der Waals surface area (Å²) in [6, 6.07) is 8.67. The van der Waals surface area contributed by atoms with E-state index >= 15 is 0 Å². The summed E-state index contributed by atoms with van der Waals surface area (Å²) in [5.41, 5.74) is 7.07. The van der Waals surface area contributed by atoms with E-state index in [2.05, 4.69) is 11.2 Å². The maximum Gasteiger partial charge on any atom is 0.135 e. The fraction of sp³-hybridized carbons (Fsp3) is 0.0833. The second-order valence-electron chi connectivity index (χ2n) is 3.15. The molecule has 0 spiro atoms. The highest BCUT2D eigenvalue weighted by Crippen LogP contribution is 2.23. The molecular formula is C12H10FN2. The van der Waals surface area contributed by atoms with Gasteiger partial charge in [-0.2, -0.15) is 0 Å². The monoisotopic (exact) mass is 201 g/mol. The van der Waals surface area contributed by atoms with Crippen molar-refractivity contribution in [2.75, 3.05) is 0 Å². The molecule has 0 bridgehead atoms. The Morgan fingerprint density at radius 1 is 1.27 bits per heavy atom. The van der Waals surface area contributed by atoms with Gasteiger partial charge < -0.3 is 5.73 Å². The van der Waals surface area contributed by atoms with Gasteiger partial charge in [-0.3, -0.25) is 4.98 Å². The summed E-state index contributed by atoms with van der Waals surface area (Å²) in [6.07, 6.45) is 4.35. The third-order valence-electron chi connectivity index (χ3n) is 2.20. The van der Waals surface area contributed by atoms with Crippen LogP contribution in [0.3, 0.4) is 0 Å².